The highest BCUT2D eigenvalue weighted by atomic mass is 19.2. The molecule has 0 radical (unpaired) electrons. The van der Waals surface area contributed by atoms with E-state index in [0.29, 0.717) is 5.92 Å². The zero-order valence-corrected chi connectivity index (χ0v) is 9.56. The van der Waals surface area contributed by atoms with Crippen molar-refractivity contribution in [1.82, 2.24) is 0 Å². The van der Waals surface area contributed by atoms with Crippen LogP contribution in [-0.4, -0.2) is 0 Å². The molecule has 1 rings (SSSR count). The van der Waals surface area contributed by atoms with E-state index in [1.807, 2.05) is 0 Å². The molecule has 0 saturated carbocycles. The van der Waals surface area contributed by atoms with E-state index in [1.165, 1.54) is 12.1 Å². The van der Waals surface area contributed by atoms with Crippen molar-refractivity contribution in [3.8, 4) is 0 Å². The second-order valence-corrected chi connectivity index (χ2v) is 4.23. The molecule has 84 valence electrons. The van der Waals surface area contributed by atoms with Crippen molar-refractivity contribution in [2.45, 2.75) is 39.5 Å². The van der Waals surface area contributed by atoms with Gasteiger partial charge in [0.05, 0.1) is 0 Å². The van der Waals surface area contributed by atoms with Crippen LogP contribution in [-0.2, 0) is 0 Å². The molecule has 2 atom stereocenters. The van der Waals surface area contributed by atoms with E-state index in [1.54, 1.807) is 6.07 Å². The molecule has 0 aliphatic heterocycles. The van der Waals surface area contributed by atoms with Crippen LogP contribution in [0, 0.1) is 17.6 Å². The second kappa shape index (κ2) is 5.24. The molecule has 0 aliphatic rings. The molecular formula is C13H18F2. The summed E-state index contributed by atoms with van der Waals surface area (Å²) in [4.78, 5) is 0. The molecule has 0 bridgehead atoms. The number of halogens is 2. The summed E-state index contributed by atoms with van der Waals surface area (Å²) in [5.74, 6) is -0.739. The van der Waals surface area contributed by atoms with Crippen LogP contribution in [0.5, 0.6) is 0 Å². The quantitative estimate of drug-likeness (QED) is 0.689. The average Bonchev–Trinajstić information content (AvgIpc) is 2.21. The van der Waals surface area contributed by atoms with E-state index in [4.69, 9.17) is 0 Å². The molecule has 0 N–H and O–H groups in total. The average molecular weight is 212 g/mol. The molecule has 0 amide bonds. The van der Waals surface area contributed by atoms with Gasteiger partial charge in [-0.2, -0.15) is 0 Å². The Hall–Kier alpha value is -0.920. The molecule has 15 heavy (non-hydrogen) atoms. The van der Waals surface area contributed by atoms with Gasteiger partial charge in [0.15, 0.2) is 11.6 Å². The van der Waals surface area contributed by atoms with Crippen LogP contribution >= 0.6 is 0 Å². The Balaban J connectivity index is 2.81. The number of hydrogen-bond acceptors (Lipinski definition) is 0. The molecule has 0 nitrogen and oxygen atoms in total. The van der Waals surface area contributed by atoms with Crippen molar-refractivity contribution in [2.75, 3.05) is 0 Å². The van der Waals surface area contributed by atoms with Gasteiger partial charge in [-0.25, -0.2) is 8.78 Å². The lowest BCUT2D eigenvalue weighted by atomic mass is 9.86. The van der Waals surface area contributed by atoms with Crippen LogP contribution < -0.4 is 0 Å². The first-order valence-electron chi connectivity index (χ1n) is 5.51. The van der Waals surface area contributed by atoms with E-state index < -0.39 is 11.6 Å². The molecule has 0 spiro atoms. The number of rotatable bonds is 4. The summed E-state index contributed by atoms with van der Waals surface area (Å²) in [5, 5.41) is 0. The van der Waals surface area contributed by atoms with Gasteiger partial charge in [0.1, 0.15) is 0 Å². The summed E-state index contributed by atoms with van der Waals surface area (Å²) in [6.07, 6.45) is 2.23. The van der Waals surface area contributed by atoms with Gasteiger partial charge in [-0.15, -0.1) is 0 Å². The largest absolute Gasteiger partial charge is 0.204 e. The Bertz CT molecular complexity index is 320. The molecule has 0 aliphatic carbocycles. The number of benzene rings is 1. The van der Waals surface area contributed by atoms with E-state index >= 15 is 0 Å². The summed E-state index contributed by atoms with van der Waals surface area (Å²) < 4.78 is 25.8. The fraction of sp³-hybridized carbons (Fsp3) is 0.538. The highest BCUT2D eigenvalue weighted by Crippen LogP contribution is 2.28. The van der Waals surface area contributed by atoms with Crippen molar-refractivity contribution in [2.24, 2.45) is 5.92 Å². The summed E-state index contributed by atoms with van der Waals surface area (Å²) in [5.41, 5.74) is 0.884. The lowest BCUT2D eigenvalue weighted by Gasteiger charge is -2.19. The van der Waals surface area contributed by atoms with Gasteiger partial charge in [0.2, 0.25) is 0 Å². The lowest BCUT2D eigenvalue weighted by Crippen LogP contribution is -2.06. The minimum Gasteiger partial charge on any atom is -0.204 e. The van der Waals surface area contributed by atoms with Gasteiger partial charge in [-0.05, 0) is 29.5 Å². The minimum absolute atomic E-state index is 0.278. The van der Waals surface area contributed by atoms with Crippen LogP contribution in [0.4, 0.5) is 8.78 Å². The highest BCUT2D eigenvalue weighted by Gasteiger charge is 2.15. The molecule has 0 heterocycles. The van der Waals surface area contributed by atoms with Crippen molar-refractivity contribution in [3.63, 3.8) is 0 Å². The molecule has 1 aromatic rings. The third-order valence-electron chi connectivity index (χ3n) is 3.07. The first-order valence-corrected chi connectivity index (χ1v) is 5.51. The maximum absolute atomic E-state index is 13.0. The minimum atomic E-state index is -0.769. The fourth-order valence-corrected chi connectivity index (χ4v) is 1.83. The summed E-state index contributed by atoms with van der Waals surface area (Å²) in [7, 11) is 0. The monoisotopic (exact) mass is 212 g/mol. The topological polar surface area (TPSA) is 0 Å². The second-order valence-electron chi connectivity index (χ2n) is 4.23. The van der Waals surface area contributed by atoms with Gasteiger partial charge in [-0.3, -0.25) is 0 Å². The van der Waals surface area contributed by atoms with E-state index in [2.05, 4.69) is 20.8 Å². The molecule has 0 aromatic heterocycles. The first kappa shape index (κ1) is 12.2. The Morgan fingerprint density at radius 2 is 1.80 bits per heavy atom. The highest BCUT2D eigenvalue weighted by molar-refractivity contribution is 5.21. The van der Waals surface area contributed by atoms with Crippen LogP contribution in [0.3, 0.4) is 0 Å². The Kier molecular flexibility index (Phi) is 4.25. The zero-order valence-electron chi connectivity index (χ0n) is 9.56. The number of hydrogen-bond donors (Lipinski definition) is 0. The Morgan fingerprint density at radius 1 is 1.13 bits per heavy atom. The zero-order chi connectivity index (χ0) is 11.4. The van der Waals surface area contributed by atoms with Crippen molar-refractivity contribution in [3.05, 3.63) is 35.4 Å². The van der Waals surface area contributed by atoms with E-state index in [9.17, 15) is 8.78 Å². The van der Waals surface area contributed by atoms with E-state index in [-0.39, 0.29) is 5.92 Å². The summed E-state index contributed by atoms with van der Waals surface area (Å²) >= 11 is 0. The van der Waals surface area contributed by atoms with Crippen molar-refractivity contribution < 1.29 is 8.78 Å². The Labute approximate surface area is 90.3 Å². The van der Waals surface area contributed by atoms with Crippen LogP contribution in [0.1, 0.15) is 45.1 Å². The van der Waals surface area contributed by atoms with Crippen LogP contribution in [0.25, 0.3) is 0 Å². The molecule has 0 saturated heterocycles. The van der Waals surface area contributed by atoms with Crippen LogP contribution in [0.15, 0.2) is 18.2 Å². The predicted octanol–water partition coefficient (Wildman–Crippen LogP) is 4.50. The molecule has 0 fully saturated rings. The lowest BCUT2D eigenvalue weighted by molar-refractivity contribution is 0.443. The van der Waals surface area contributed by atoms with Gasteiger partial charge < -0.3 is 0 Å². The molecule has 2 heteroatoms. The molecule has 2 unspecified atom stereocenters. The maximum atomic E-state index is 13.0. The first-order chi connectivity index (χ1) is 7.06. The fourth-order valence-electron chi connectivity index (χ4n) is 1.83. The maximum Gasteiger partial charge on any atom is 0.159 e. The summed E-state index contributed by atoms with van der Waals surface area (Å²) in [6.45, 7) is 6.34. The SMILES string of the molecule is CCCC(C)C(C)c1ccc(F)c(F)c1. The van der Waals surface area contributed by atoms with Gasteiger partial charge in [0, 0.05) is 0 Å². The normalized spacial score (nSPS) is 15.0. The Morgan fingerprint density at radius 3 is 2.33 bits per heavy atom. The van der Waals surface area contributed by atoms with Crippen LogP contribution in [0.2, 0.25) is 0 Å². The predicted molar refractivity (Wildman–Crippen MR) is 58.8 cm³/mol. The molecular weight excluding hydrogens is 194 g/mol. The standard InChI is InChI=1S/C13H18F2/c1-4-5-9(2)10(3)11-6-7-12(14)13(15)8-11/h6-10H,4-5H2,1-3H3. The van der Waals surface area contributed by atoms with Gasteiger partial charge in [0.25, 0.3) is 0 Å². The molecule has 1 aromatic carbocycles. The van der Waals surface area contributed by atoms with Crippen molar-refractivity contribution in [1.29, 1.82) is 0 Å². The van der Waals surface area contributed by atoms with Gasteiger partial charge >= 0.3 is 0 Å². The van der Waals surface area contributed by atoms with Crippen molar-refractivity contribution >= 4 is 0 Å². The third-order valence-corrected chi connectivity index (χ3v) is 3.07. The third kappa shape index (κ3) is 3.01. The van der Waals surface area contributed by atoms with E-state index in [0.717, 1.165) is 18.4 Å². The summed E-state index contributed by atoms with van der Waals surface area (Å²) in [6, 6.07) is 4.20. The smallest absolute Gasteiger partial charge is 0.159 e. The van der Waals surface area contributed by atoms with Gasteiger partial charge in [-0.1, -0.05) is 39.7 Å².